The van der Waals surface area contributed by atoms with Gasteiger partial charge in [0.2, 0.25) is 0 Å². The molecule has 100 valence electrons. The van der Waals surface area contributed by atoms with Crippen molar-refractivity contribution in [3.63, 3.8) is 0 Å². The van der Waals surface area contributed by atoms with Crippen LogP contribution in [0, 0.1) is 0 Å². The Morgan fingerprint density at radius 1 is 1.16 bits per heavy atom. The maximum Gasteiger partial charge on any atom is 0.253 e. The fourth-order valence-electron chi connectivity index (χ4n) is 2.17. The van der Waals surface area contributed by atoms with E-state index in [-0.39, 0.29) is 12.5 Å². The highest BCUT2D eigenvalue weighted by atomic mass is 16.3. The van der Waals surface area contributed by atoms with E-state index in [0.29, 0.717) is 25.1 Å². The van der Waals surface area contributed by atoms with E-state index in [1.165, 1.54) is 0 Å². The molecule has 0 aliphatic heterocycles. The average Bonchev–Trinajstić information content (AvgIpc) is 2.47. The van der Waals surface area contributed by atoms with Gasteiger partial charge in [0.25, 0.3) is 5.91 Å². The lowest BCUT2D eigenvalue weighted by molar-refractivity contribution is 0.0754. The number of benzene rings is 2. The van der Waals surface area contributed by atoms with Gasteiger partial charge in [0.05, 0.1) is 0 Å². The topological polar surface area (TPSA) is 40.5 Å². The number of nitrogens with zero attached hydrogens (tertiary/aromatic N) is 1. The molecule has 1 N–H and O–H groups in total. The van der Waals surface area contributed by atoms with Gasteiger partial charge in [0, 0.05) is 25.3 Å². The molecule has 0 atom stereocenters. The largest absolute Gasteiger partial charge is 0.396 e. The molecule has 0 fully saturated rings. The first-order valence-corrected chi connectivity index (χ1v) is 6.65. The second kappa shape index (κ2) is 6.34. The summed E-state index contributed by atoms with van der Waals surface area (Å²) < 4.78 is 0. The zero-order valence-electron chi connectivity index (χ0n) is 11.2. The van der Waals surface area contributed by atoms with Crippen LogP contribution < -0.4 is 0 Å². The van der Waals surface area contributed by atoms with E-state index in [2.05, 4.69) is 0 Å². The molecule has 0 heterocycles. The van der Waals surface area contributed by atoms with E-state index in [9.17, 15) is 4.79 Å². The molecule has 2 aromatic carbocycles. The SMILES string of the molecule is CCN(CCCO)C(=O)c1ccc2ccccc2c1. The van der Waals surface area contributed by atoms with Gasteiger partial charge in [-0.3, -0.25) is 4.79 Å². The number of carbonyl (C=O) groups excluding carboxylic acids is 1. The lowest BCUT2D eigenvalue weighted by atomic mass is 10.1. The van der Waals surface area contributed by atoms with Crippen molar-refractivity contribution in [2.24, 2.45) is 0 Å². The Kier molecular flexibility index (Phi) is 4.53. The highest BCUT2D eigenvalue weighted by molar-refractivity contribution is 5.98. The van der Waals surface area contributed by atoms with E-state index in [0.717, 1.165) is 10.8 Å². The summed E-state index contributed by atoms with van der Waals surface area (Å²) in [5.74, 6) is 0.0294. The predicted molar refractivity (Wildman–Crippen MR) is 77.2 cm³/mol. The van der Waals surface area contributed by atoms with Crippen molar-refractivity contribution in [1.29, 1.82) is 0 Å². The van der Waals surface area contributed by atoms with Crippen LogP contribution in [0.15, 0.2) is 42.5 Å². The van der Waals surface area contributed by atoms with Crippen LogP contribution >= 0.6 is 0 Å². The summed E-state index contributed by atoms with van der Waals surface area (Å²) in [6.07, 6.45) is 0.618. The Morgan fingerprint density at radius 3 is 2.58 bits per heavy atom. The molecule has 0 radical (unpaired) electrons. The third kappa shape index (κ3) is 3.12. The van der Waals surface area contributed by atoms with Crippen LogP contribution in [-0.4, -0.2) is 35.6 Å². The monoisotopic (exact) mass is 257 g/mol. The van der Waals surface area contributed by atoms with Crippen LogP contribution in [0.4, 0.5) is 0 Å². The smallest absolute Gasteiger partial charge is 0.253 e. The zero-order valence-corrected chi connectivity index (χ0v) is 11.2. The number of amides is 1. The van der Waals surface area contributed by atoms with Gasteiger partial charge >= 0.3 is 0 Å². The van der Waals surface area contributed by atoms with E-state index in [1.807, 2.05) is 49.4 Å². The maximum atomic E-state index is 12.4. The molecule has 0 spiro atoms. The average molecular weight is 257 g/mol. The molecule has 1 amide bonds. The third-order valence-electron chi connectivity index (χ3n) is 3.25. The first-order valence-electron chi connectivity index (χ1n) is 6.65. The Bertz CT molecular complexity index is 565. The second-order valence-corrected chi connectivity index (χ2v) is 4.52. The molecule has 0 bridgehead atoms. The van der Waals surface area contributed by atoms with E-state index >= 15 is 0 Å². The number of hydrogen-bond donors (Lipinski definition) is 1. The molecule has 0 saturated carbocycles. The van der Waals surface area contributed by atoms with Crippen LogP contribution in [0.3, 0.4) is 0 Å². The molecule has 0 aromatic heterocycles. The van der Waals surface area contributed by atoms with Gasteiger partial charge < -0.3 is 10.0 Å². The molecule has 0 aliphatic carbocycles. The van der Waals surface area contributed by atoms with Gasteiger partial charge in [-0.1, -0.05) is 30.3 Å². The molecular weight excluding hydrogens is 238 g/mol. The Hall–Kier alpha value is -1.87. The van der Waals surface area contributed by atoms with Crippen molar-refractivity contribution in [2.75, 3.05) is 19.7 Å². The summed E-state index contributed by atoms with van der Waals surface area (Å²) in [5.41, 5.74) is 0.707. The number of fused-ring (bicyclic) bond motifs is 1. The van der Waals surface area contributed by atoms with Gasteiger partial charge in [0.1, 0.15) is 0 Å². The van der Waals surface area contributed by atoms with Gasteiger partial charge in [0.15, 0.2) is 0 Å². The highest BCUT2D eigenvalue weighted by Gasteiger charge is 2.13. The fourth-order valence-corrected chi connectivity index (χ4v) is 2.17. The third-order valence-corrected chi connectivity index (χ3v) is 3.25. The molecule has 2 aromatic rings. The van der Waals surface area contributed by atoms with E-state index in [1.54, 1.807) is 4.90 Å². The number of rotatable bonds is 5. The lowest BCUT2D eigenvalue weighted by Gasteiger charge is -2.20. The van der Waals surface area contributed by atoms with Gasteiger partial charge in [-0.05, 0) is 36.2 Å². The van der Waals surface area contributed by atoms with E-state index in [4.69, 9.17) is 5.11 Å². The van der Waals surface area contributed by atoms with Crippen molar-refractivity contribution in [3.8, 4) is 0 Å². The molecule has 0 saturated heterocycles. The van der Waals surface area contributed by atoms with Crippen molar-refractivity contribution < 1.29 is 9.90 Å². The molecule has 0 aliphatic rings. The molecule has 2 rings (SSSR count). The van der Waals surface area contributed by atoms with Crippen LogP contribution in [0.25, 0.3) is 10.8 Å². The van der Waals surface area contributed by atoms with Crippen LogP contribution in [-0.2, 0) is 0 Å². The van der Waals surface area contributed by atoms with Crippen LogP contribution in [0.1, 0.15) is 23.7 Å². The first kappa shape index (κ1) is 13.6. The molecule has 0 unspecified atom stereocenters. The van der Waals surface area contributed by atoms with Gasteiger partial charge in [-0.2, -0.15) is 0 Å². The number of aliphatic hydroxyl groups is 1. The quantitative estimate of drug-likeness (QED) is 0.894. The number of hydrogen-bond acceptors (Lipinski definition) is 2. The first-order chi connectivity index (χ1) is 9.26. The molecular formula is C16H19NO2. The zero-order chi connectivity index (χ0) is 13.7. The second-order valence-electron chi connectivity index (χ2n) is 4.52. The molecule has 3 heteroatoms. The number of carbonyl (C=O) groups is 1. The molecule has 3 nitrogen and oxygen atoms in total. The van der Waals surface area contributed by atoms with Crippen molar-refractivity contribution in [1.82, 2.24) is 4.90 Å². The standard InChI is InChI=1S/C16H19NO2/c1-2-17(10-5-11-18)16(19)15-9-8-13-6-3-4-7-14(13)12-15/h3-4,6-9,12,18H,2,5,10-11H2,1H3. The minimum absolute atomic E-state index is 0.0294. The van der Waals surface area contributed by atoms with E-state index < -0.39 is 0 Å². The van der Waals surface area contributed by atoms with Gasteiger partial charge in [-0.15, -0.1) is 0 Å². The summed E-state index contributed by atoms with van der Waals surface area (Å²) in [6, 6.07) is 13.8. The van der Waals surface area contributed by atoms with Crippen molar-refractivity contribution >= 4 is 16.7 Å². The summed E-state index contributed by atoms with van der Waals surface area (Å²) in [4.78, 5) is 14.1. The van der Waals surface area contributed by atoms with Crippen molar-refractivity contribution in [2.45, 2.75) is 13.3 Å². The van der Waals surface area contributed by atoms with Crippen molar-refractivity contribution in [3.05, 3.63) is 48.0 Å². The molecule has 19 heavy (non-hydrogen) atoms. The summed E-state index contributed by atoms with van der Waals surface area (Å²) in [7, 11) is 0. The normalized spacial score (nSPS) is 10.6. The Morgan fingerprint density at radius 2 is 1.89 bits per heavy atom. The summed E-state index contributed by atoms with van der Waals surface area (Å²) in [5, 5.41) is 11.1. The summed E-state index contributed by atoms with van der Waals surface area (Å²) >= 11 is 0. The van der Waals surface area contributed by atoms with Crippen LogP contribution in [0.2, 0.25) is 0 Å². The minimum atomic E-state index is 0.0294. The highest BCUT2D eigenvalue weighted by Crippen LogP contribution is 2.17. The lowest BCUT2D eigenvalue weighted by Crippen LogP contribution is -2.32. The maximum absolute atomic E-state index is 12.4. The van der Waals surface area contributed by atoms with Gasteiger partial charge in [-0.25, -0.2) is 0 Å². The Balaban J connectivity index is 2.24. The predicted octanol–water partition coefficient (Wildman–Crippen LogP) is 2.68. The summed E-state index contributed by atoms with van der Waals surface area (Å²) in [6.45, 7) is 3.32. The fraction of sp³-hybridized carbons (Fsp3) is 0.312. The number of aliphatic hydroxyl groups excluding tert-OH is 1. The Labute approximate surface area is 113 Å². The van der Waals surface area contributed by atoms with Crippen LogP contribution in [0.5, 0.6) is 0 Å². The minimum Gasteiger partial charge on any atom is -0.396 e.